The molecule has 1 rings (SSSR count). The lowest BCUT2D eigenvalue weighted by atomic mass is 10.2. The van der Waals surface area contributed by atoms with Crippen LogP contribution in [-0.2, 0) is 16.4 Å². The molecular weight excluding hydrogens is 336 g/mol. The van der Waals surface area contributed by atoms with Gasteiger partial charge >= 0.3 is 0 Å². The van der Waals surface area contributed by atoms with Crippen molar-refractivity contribution in [3.05, 3.63) is 38.3 Å². The molecule has 0 aliphatic heterocycles. The predicted molar refractivity (Wildman–Crippen MR) is 76.8 cm³/mol. The van der Waals surface area contributed by atoms with Gasteiger partial charge in [-0.05, 0) is 25.1 Å². The molecule has 0 saturated heterocycles. The number of sulfone groups is 1. The number of hydrogen-bond acceptors (Lipinski definition) is 5. The Labute approximate surface area is 120 Å². The molecular formula is C11H15BrN2O4S. The van der Waals surface area contributed by atoms with Gasteiger partial charge in [-0.25, -0.2) is 8.42 Å². The summed E-state index contributed by atoms with van der Waals surface area (Å²) in [5, 5.41) is 13.9. The Balaban J connectivity index is 2.52. The number of halogens is 1. The number of hydrogen-bond donors (Lipinski definition) is 1. The standard InChI is InChI=1S/C11H15BrN2O4S/c1-19(17,18)6-2-5-13-8-9-3-4-10(12)7-11(9)14(15)16/h3-4,7,13H,2,5-6,8H2,1H3. The molecule has 0 aliphatic carbocycles. The van der Waals surface area contributed by atoms with Crippen LogP contribution < -0.4 is 5.32 Å². The summed E-state index contributed by atoms with van der Waals surface area (Å²) in [6.45, 7) is 0.841. The molecule has 0 amide bonds. The van der Waals surface area contributed by atoms with Gasteiger partial charge in [-0.15, -0.1) is 0 Å². The van der Waals surface area contributed by atoms with Crippen molar-refractivity contribution in [1.29, 1.82) is 0 Å². The molecule has 106 valence electrons. The first-order valence-corrected chi connectivity index (χ1v) is 8.46. The second-order valence-electron chi connectivity index (χ2n) is 4.19. The van der Waals surface area contributed by atoms with Crippen molar-refractivity contribution in [3.63, 3.8) is 0 Å². The minimum absolute atomic E-state index is 0.0463. The monoisotopic (exact) mass is 350 g/mol. The number of benzene rings is 1. The van der Waals surface area contributed by atoms with Crippen LogP contribution in [0.4, 0.5) is 5.69 Å². The highest BCUT2D eigenvalue weighted by atomic mass is 79.9. The molecule has 0 bridgehead atoms. The number of nitro benzene ring substituents is 1. The Bertz CT molecular complexity index is 560. The molecule has 1 aromatic rings. The van der Waals surface area contributed by atoms with Crippen molar-refractivity contribution in [2.24, 2.45) is 0 Å². The Morgan fingerprint density at radius 3 is 2.68 bits per heavy atom. The molecule has 8 heteroatoms. The molecule has 0 atom stereocenters. The molecule has 6 nitrogen and oxygen atoms in total. The van der Waals surface area contributed by atoms with E-state index in [4.69, 9.17) is 0 Å². The summed E-state index contributed by atoms with van der Waals surface area (Å²) >= 11 is 3.19. The molecule has 0 spiro atoms. The van der Waals surface area contributed by atoms with E-state index in [0.717, 1.165) is 0 Å². The smallest absolute Gasteiger partial charge is 0.275 e. The van der Waals surface area contributed by atoms with Gasteiger partial charge in [-0.1, -0.05) is 15.9 Å². The maximum absolute atomic E-state index is 10.9. The maximum Gasteiger partial charge on any atom is 0.275 e. The number of nitrogens with zero attached hydrogens (tertiary/aromatic N) is 1. The summed E-state index contributed by atoms with van der Waals surface area (Å²) in [5.41, 5.74) is 0.623. The molecule has 1 aromatic carbocycles. The average molecular weight is 351 g/mol. The van der Waals surface area contributed by atoms with Crippen molar-refractivity contribution >= 4 is 31.5 Å². The van der Waals surface area contributed by atoms with Crippen LogP contribution in [0.1, 0.15) is 12.0 Å². The summed E-state index contributed by atoms with van der Waals surface area (Å²) in [7, 11) is -2.95. The van der Waals surface area contributed by atoms with Gasteiger partial charge in [0.25, 0.3) is 5.69 Å². The first-order chi connectivity index (χ1) is 8.79. The summed E-state index contributed by atoms with van der Waals surface area (Å²) in [4.78, 5) is 10.4. The van der Waals surface area contributed by atoms with Crippen LogP contribution in [0, 0.1) is 10.1 Å². The molecule has 0 fully saturated rings. The SMILES string of the molecule is CS(=O)(=O)CCCNCc1ccc(Br)cc1[N+](=O)[O-]. The third-order valence-electron chi connectivity index (χ3n) is 2.43. The van der Waals surface area contributed by atoms with Gasteiger partial charge in [0.05, 0.1) is 10.7 Å². The Morgan fingerprint density at radius 1 is 1.42 bits per heavy atom. The number of nitro groups is 1. The van der Waals surface area contributed by atoms with Crippen molar-refractivity contribution in [3.8, 4) is 0 Å². The fourth-order valence-electron chi connectivity index (χ4n) is 1.54. The van der Waals surface area contributed by atoms with E-state index in [0.29, 0.717) is 29.5 Å². The molecule has 0 radical (unpaired) electrons. The summed E-state index contributed by atoms with van der Waals surface area (Å²) < 4.78 is 22.5. The third-order valence-corrected chi connectivity index (χ3v) is 3.95. The van der Waals surface area contributed by atoms with E-state index in [1.165, 1.54) is 12.3 Å². The van der Waals surface area contributed by atoms with Crippen LogP contribution in [0.25, 0.3) is 0 Å². The van der Waals surface area contributed by atoms with Gasteiger partial charge in [0.15, 0.2) is 0 Å². The van der Waals surface area contributed by atoms with Gasteiger partial charge in [0.2, 0.25) is 0 Å². The van der Waals surface area contributed by atoms with E-state index < -0.39 is 14.8 Å². The fourth-order valence-corrected chi connectivity index (χ4v) is 2.56. The van der Waals surface area contributed by atoms with Gasteiger partial charge in [-0.3, -0.25) is 10.1 Å². The van der Waals surface area contributed by atoms with Crippen LogP contribution in [0.3, 0.4) is 0 Å². The number of nitrogens with one attached hydrogen (secondary N) is 1. The predicted octanol–water partition coefficient (Wildman–Crippen LogP) is 1.88. The van der Waals surface area contributed by atoms with Crippen LogP contribution in [-0.4, -0.2) is 31.9 Å². The van der Waals surface area contributed by atoms with Crippen LogP contribution in [0.15, 0.2) is 22.7 Å². The highest BCUT2D eigenvalue weighted by molar-refractivity contribution is 9.10. The molecule has 1 N–H and O–H groups in total. The first-order valence-electron chi connectivity index (χ1n) is 5.61. The second-order valence-corrected chi connectivity index (χ2v) is 7.37. The zero-order chi connectivity index (χ0) is 14.5. The Hall–Kier alpha value is -0.990. The van der Waals surface area contributed by atoms with Crippen molar-refractivity contribution in [1.82, 2.24) is 5.32 Å². The molecule has 0 saturated carbocycles. The van der Waals surface area contributed by atoms with Crippen molar-refractivity contribution in [2.75, 3.05) is 18.6 Å². The third kappa shape index (κ3) is 6.13. The first kappa shape index (κ1) is 16.1. The Morgan fingerprint density at radius 2 is 2.11 bits per heavy atom. The van der Waals surface area contributed by atoms with Gasteiger partial charge < -0.3 is 5.32 Å². The van der Waals surface area contributed by atoms with E-state index >= 15 is 0 Å². The topological polar surface area (TPSA) is 89.3 Å². The van der Waals surface area contributed by atoms with Crippen molar-refractivity contribution in [2.45, 2.75) is 13.0 Å². The molecule has 0 heterocycles. The van der Waals surface area contributed by atoms with E-state index in [-0.39, 0.29) is 11.4 Å². The number of rotatable bonds is 7. The lowest BCUT2D eigenvalue weighted by Crippen LogP contribution is -2.18. The van der Waals surface area contributed by atoms with Crippen LogP contribution in [0.5, 0.6) is 0 Å². The molecule has 0 unspecified atom stereocenters. The fraction of sp³-hybridized carbons (Fsp3) is 0.455. The van der Waals surface area contributed by atoms with Crippen molar-refractivity contribution < 1.29 is 13.3 Å². The lowest BCUT2D eigenvalue weighted by Gasteiger charge is -2.05. The zero-order valence-electron chi connectivity index (χ0n) is 10.4. The van der Waals surface area contributed by atoms with E-state index in [2.05, 4.69) is 21.2 Å². The summed E-state index contributed by atoms with van der Waals surface area (Å²) in [6.07, 6.45) is 1.68. The second kappa shape index (κ2) is 6.97. The van der Waals surface area contributed by atoms with Gasteiger partial charge in [0.1, 0.15) is 9.84 Å². The summed E-state index contributed by atoms with van der Waals surface area (Å²) in [5.74, 6) is 0.114. The van der Waals surface area contributed by atoms with E-state index in [9.17, 15) is 18.5 Å². The van der Waals surface area contributed by atoms with Crippen LogP contribution in [0.2, 0.25) is 0 Å². The largest absolute Gasteiger partial charge is 0.312 e. The maximum atomic E-state index is 10.9. The molecule has 0 aliphatic rings. The highest BCUT2D eigenvalue weighted by Gasteiger charge is 2.13. The minimum Gasteiger partial charge on any atom is -0.312 e. The normalized spacial score (nSPS) is 11.5. The van der Waals surface area contributed by atoms with Crippen LogP contribution >= 0.6 is 15.9 Å². The molecule has 0 aromatic heterocycles. The minimum atomic E-state index is -2.95. The van der Waals surface area contributed by atoms with E-state index in [1.54, 1.807) is 12.1 Å². The van der Waals surface area contributed by atoms with Gasteiger partial charge in [-0.2, -0.15) is 0 Å². The Kier molecular flexibility index (Phi) is 5.89. The quantitative estimate of drug-likeness (QED) is 0.460. The average Bonchev–Trinajstić information content (AvgIpc) is 2.28. The lowest BCUT2D eigenvalue weighted by molar-refractivity contribution is -0.385. The molecule has 19 heavy (non-hydrogen) atoms. The highest BCUT2D eigenvalue weighted by Crippen LogP contribution is 2.23. The van der Waals surface area contributed by atoms with E-state index in [1.807, 2.05) is 0 Å². The van der Waals surface area contributed by atoms with Gasteiger partial charge in [0, 0.05) is 28.9 Å². The summed E-state index contributed by atoms with van der Waals surface area (Å²) in [6, 6.07) is 4.86. The zero-order valence-corrected chi connectivity index (χ0v) is 12.8.